The first kappa shape index (κ1) is 80.8. The van der Waals surface area contributed by atoms with Crippen LogP contribution in [0.1, 0.15) is 290 Å². The lowest BCUT2D eigenvalue weighted by Crippen LogP contribution is -2.20. The van der Waals surface area contributed by atoms with Crippen molar-refractivity contribution in [2.45, 2.75) is 278 Å². The van der Waals surface area contributed by atoms with E-state index in [4.69, 9.17) is 0 Å². The van der Waals surface area contributed by atoms with Gasteiger partial charge in [0, 0.05) is 0 Å². The molecule has 0 amide bonds. The lowest BCUT2D eigenvalue weighted by molar-refractivity contribution is 0.251. The summed E-state index contributed by atoms with van der Waals surface area (Å²) < 4.78 is 0. The molecule has 0 radical (unpaired) electrons. The van der Waals surface area contributed by atoms with Crippen LogP contribution in [0.2, 0.25) is 0 Å². The lowest BCUT2D eigenvalue weighted by Gasteiger charge is -2.26. The summed E-state index contributed by atoms with van der Waals surface area (Å²) in [6.07, 6.45) is 31.1. The summed E-state index contributed by atoms with van der Waals surface area (Å²) >= 11 is 0. The quantitative estimate of drug-likeness (QED) is 0.142. The molecule has 8 aromatic rings. The van der Waals surface area contributed by atoms with Crippen molar-refractivity contribution >= 4 is 24.3 Å². The Morgan fingerprint density at radius 3 is 0.885 bits per heavy atom. The summed E-state index contributed by atoms with van der Waals surface area (Å²) in [6.45, 7) is 55.0. The molecule has 0 unspecified atom stereocenters. The largest absolute Gasteiger partial charge is 0.0795 e. The topological polar surface area (TPSA) is 0 Å². The van der Waals surface area contributed by atoms with E-state index in [1.54, 1.807) is 55.7 Å². The molecule has 0 spiro atoms. The predicted octanol–water partition coefficient (Wildman–Crippen LogP) is 28.3. The van der Waals surface area contributed by atoms with Crippen molar-refractivity contribution in [3.63, 3.8) is 0 Å². The van der Waals surface area contributed by atoms with E-state index in [2.05, 4.69) is 372 Å². The molecular weight excluding hydrogens is 1250 g/mol. The Morgan fingerprint density at radius 2 is 0.538 bits per heavy atom. The predicted molar refractivity (Wildman–Crippen MR) is 459 cm³/mol. The van der Waals surface area contributed by atoms with E-state index >= 15 is 0 Å². The van der Waals surface area contributed by atoms with Crippen molar-refractivity contribution in [1.29, 1.82) is 0 Å². The molecule has 8 aromatic carbocycles. The van der Waals surface area contributed by atoms with Gasteiger partial charge in [0.2, 0.25) is 0 Å². The highest BCUT2D eigenvalue weighted by atomic mass is 14.4. The zero-order chi connectivity index (χ0) is 75.8. The van der Waals surface area contributed by atoms with Crippen molar-refractivity contribution in [2.24, 2.45) is 33.5 Å². The number of hydrogen-bond acceptors (Lipinski definition) is 0. The number of benzene rings is 8. The minimum atomic E-state index is 0.269. The van der Waals surface area contributed by atoms with Gasteiger partial charge in [0.15, 0.2) is 0 Å². The Hall–Kier alpha value is -7.28. The van der Waals surface area contributed by atoms with Crippen LogP contribution in [0.15, 0.2) is 193 Å². The van der Waals surface area contributed by atoms with Crippen LogP contribution in [0.5, 0.6) is 0 Å². The van der Waals surface area contributed by atoms with E-state index in [0.29, 0.717) is 32.5 Å². The van der Waals surface area contributed by atoms with E-state index in [0.717, 1.165) is 37.5 Å². The van der Waals surface area contributed by atoms with Gasteiger partial charge in [-0.05, 0) is 256 Å². The Morgan fingerprint density at radius 1 is 0.240 bits per heavy atom. The maximum atomic E-state index is 2.41. The van der Waals surface area contributed by atoms with E-state index in [-0.39, 0.29) is 10.8 Å². The molecular formula is C104H136. The summed E-state index contributed by atoms with van der Waals surface area (Å²) in [7, 11) is 0. The average molecular weight is 1390 g/mol. The molecule has 0 fully saturated rings. The molecule has 0 atom stereocenters. The monoisotopic (exact) mass is 1390 g/mol. The van der Waals surface area contributed by atoms with Gasteiger partial charge in [0.1, 0.15) is 0 Å². The standard InChI is InChI=1S/2C13H18.2C13H16.2C13H18.2C13H16/c4*1-13(2,3)12-8-7-10-5-4-6-11(10)9-12;4*1-13(2,3)12-8-10-6-4-5-7-11(10)9-12/h2*7-9H,4-6H2,1-3H3;4,6-9H,5H2,1-3H3;4-5,7-9H,6H2,1-3H3;2*4-7,12H,8-9H2,1-3H3;2*4-8H,9H2,1-3H3. The Balaban J connectivity index is 0.000000138. The zero-order valence-corrected chi connectivity index (χ0v) is 69.7. The molecule has 0 aromatic heterocycles. The molecule has 0 saturated carbocycles. The number of allylic oxidation sites excluding steroid dienone is 4. The van der Waals surface area contributed by atoms with Crippen LogP contribution in [-0.2, 0) is 98.7 Å². The van der Waals surface area contributed by atoms with Gasteiger partial charge in [-0.3, -0.25) is 0 Å². The molecule has 552 valence electrons. The third-order valence-electron chi connectivity index (χ3n) is 23.2. The highest BCUT2D eigenvalue weighted by Crippen LogP contribution is 2.42. The molecule has 0 nitrogen and oxygen atoms in total. The van der Waals surface area contributed by atoms with Gasteiger partial charge in [-0.15, -0.1) is 0 Å². The van der Waals surface area contributed by atoms with Gasteiger partial charge in [0.25, 0.3) is 0 Å². The lowest BCUT2D eigenvalue weighted by atomic mass is 9.79. The van der Waals surface area contributed by atoms with Crippen LogP contribution in [0.3, 0.4) is 0 Å². The Bertz CT molecular complexity index is 4010. The molecule has 0 heterocycles. The molecule has 0 N–H and O–H groups in total. The van der Waals surface area contributed by atoms with Gasteiger partial charge in [-0.25, -0.2) is 0 Å². The minimum Gasteiger partial charge on any atom is -0.0795 e. The van der Waals surface area contributed by atoms with Crippen LogP contribution < -0.4 is 0 Å². The van der Waals surface area contributed by atoms with E-state index in [1.807, 2.05) is 0 Å². The molecule has 0 aliphatic heterocycles. The van der Waals surface area contributed by atoms with E-state index < -0.39 is 0 Å². The highest BCUT2D eigenvalue weighted by Gasteiger charge is 2.32. The smallest absolute Gasteiger partial charge is 0.00526 e. The van der Waals surface area contributed by atoms with Gasteiger partial charge in [-0.2, -0.15) is 0 Å². The van der Waals surface area contributed by atoms with Crippen molar-refractivity contribution in [3.05, 3.63) is 304 Å². The van der Waals surface area contributed by atoms with Gasteiger partial charge in [-0.1, -0.05) is 384 Å². The molecule has 16 rings (SSSR count). The molecule has 8 aliphatic rings. The second-order valence-corrected chi connectivity index (χ2v) is 39.8. The maximum Gasteiger partial charge on any atom is -0.00526 e. The molecule has 8 aliphatic carbocycles. The first-order chi connectivity index (χ1) is 48.6. The van der Waals surface area contributed by atoms with Crippen LogP contribution in [-0.4, -0.2) is 0 Å². The molecule has 0 heteroatoms. The first-order valence-corrected chi connectivity index (χ1v) is 40.1. The van der Waals surface area contributed by atoms with Crippen molar-refractivity contribution < 1.29 is 0 Å². The fourth-order valence-electron chi connectivity index (χ4n) is 15.4. The second-order valence-electron chi connectivity index (χ2n) is 39.8. The third kappa shape index (κ3) is 22.4. The van der Waals surface area contributed by atoms with E-state index in [9.17, 15) is 0 Å². The van der Waals surface area contributed by atoms with Gasteiger partial charge in [0.05, 0.1) is 0 Å². The number of rotatable bonds is 0. The van der Waals surface area contributed by atoms with Gasteiger partial charge < -0.3 is 0 Å². The summed E-state index contributed by atoms with van der Waals surface area (Å²) in [5.74, 6) is 1.68. The normalized spacial score (nSPS) is 15.9. The number of fused-ring (bicyclic) bond motifs is 8. The fraction of sp³-hybridized carbons (Fsp3) is 0.462. The maximum absolute atomic E-state index is 2.41. The molecule has 0 saturated heterocycles. The van der Waals surface area contributed by atoms with Crippen molar-refractivity contribution in [2.75, 3.05) is 0 Å². The summed E-state index contributed by atoms with van der Waals surface area (Å²) in [4.78, 5) is 0. The fourth-order valence-corrected chi connectivity index (χ4v) is 15.4. The zero-order valence-electron chi connectivity index (χ0n) is 69.7. The van der Waals surface area contributed by atoms with Crippen LogP contribution in [0.4, 0.5) is 0 Å². The van der Waals surface area contributed by atoms with Crippen LogP contribution in [0.25, 0.3) is 24.3 Å². The van der Waals surface area contributed by atoms with Crippen molar-refractivity contribution in [3.8, 4) is 0 Å². The third-order valence-corrected chi connectivity index (χ3v) is 23.2. The van der Waals surface area contributed by atoms with E-state index in [1.165, 1.54) is 131 Å². The Kier molecular flexibility index (Phi) is 25.8. The number of aryl methyl sites for hydroxylation is 4. The SMILES string of the molecule is CC(C)(C)C1=Cc2ccccc2C1.CC(C)(C)C1=Cc2ccccc2C1.CC(C)(C)C1Cc2ccccc2C1.CC(C)(C)C1Cc2ccccc2C1.CC(C)(C)c1ccc2c(c1)C=CC2.CC(C)(C)c1ccc2c(c1)CC=C2.CC(C)(C)c1ccc2c(c1)CCC2.CC(C)(C)c1ccc2c(c1)CCC2. The Labute approximate surface area is 636 Å². The van der Waals surface area contributed by atoms with Crippen LogP contribution >= 0.6 is 0 Å². The van der Waals surface area contributed by atoms with Crippen LogP contribution in [0, 0.1) is 33.5 Å². The molecule has 104 heavy (non-hydrogen) atoms. The highest BCUT2D eigenvalue weighted by molar-refractivity contribution is 5.66. The first-order valence-electron chi connectivity index (χ1n) is 40.1. The summed E-state index contributed by atoms with van der Waals surface area (Å²) in [5, 5.41) is 0. The van der Waals surface area contributed by atoms with Crippen molar-refractivity contribution in [1.82, 2.24) is 0 Å². The summed E-state index contributed by atoms with van der Waals surface area (Å²) in [5.41, 5.74) is 35.8. The van der Waals surface area contributed by atoms with Gasteiger partial charge >= 0.3 is 0 Å². The summed E-state index contributed by atoms with van der Waals surface area (Å²) in [6, 6.07) is 62.8. The second kappa shape index (κ2) is 33.2. The minimum absolute atomic E-state index is 0.269. The average Bonchev–Trinajstić information content (AvgIpc) is 1.54. The molecule has 0 bridgehead atoms. The number of hydrogen-bond donors (Lipinski definition) is 0.